The van der Waals surface area contributed by atoms with Crippen molar-refractivity contribution in [1.82, 2.24) is 10.2 Å². The molecule has 0 aliphatic rings. The Morgan fingerprint density at radius 1 is 1.69 bits per heavy atom. The van der Waals surface area contributed by atoms with Crippen LogP contribution < -0.4 is 11.1 Å². The van der Waals surface area contributed by atoms with Gasteiger partial charge in [0.15, 0.2) is 0 Å². The van der Waals surface area contributed by atoms with Gasteiger partial charge in [-0.2, -0.15) is 0 Å². The molecule has 16 heavy (non-hydrogen) atoms. The smallest absolute Gasteiger partial charge is 0.234 e. The van der Waals surface area contributed by atoms with Gasteiger partial charge in [0.25, 0.3) is 0 Å². The first-order valence-electron chi connectivity index (χ1n) is 5.39. The lowest BCUT2D eigenvalue weighted by Gasteiger charge is -2.25. The number of nitrogens with one attached hydrogen (secondary N) is 1. The second-order valence-corrected chi connectivity index (χ2v) is 4.61. The Bertz CT molecular complexity index is 313. The van der Waals surface area contributed by atoms with Crippen LogP contribution in [0.2, 0.25) is 0 Å². The monoisotopic (exact) mass is 241 g/mol. The van der Waals surface area contributed by atoms with Crippen molar-refractivity contribution < 1.29 is 4.79 Å². The summed E-state index contributed by atoms with van der Waals surface area (Å²) in [5, 5.41) is 4.81. The number of rotatable bonds is 6. The first-order chi connectivity index (χ1) is 7.69. The van der Waals surface area contributed by atoms with Crippen molar-refractivity contribution in [3.05, 3.63) is 22.4 Å². The minimum absolute atomic E-state index is 0.0417. The molecule has 0 aliphatic carbocycles. The zero-order valence-corrected chi connectivity index (χ0v) is 10.6. The molecule has 0 fully saturated rings. The number of nitrogens with two attached hydrogens (primary N) is 1. The highest BCUT2D eigenvalue weighted by Crippen LogP contribution is 2.22. The fourth-order valence-corrected chi connectivity index (χ4v) is 2.49. The summed E-state index contributed by atoms with van der Waals surface area (Å²) in [5.74, 6) is 0.0417. The first-order valence-corrected chi connectivity index (χ1v) is 6.27. The third kappa shape index (κ3) is 3.59. The van der Waals surface area contributed by atoms with E-state index in [2.05, 4.69) is 11.4 Å². The van der Waals surface area contributed by atoms with Crippen LogP contribution in [0.4, 0.5) is 0 Å². The van der Waals surface area contributed by atoms with E-state index in [-0.39, 0.29) is 11.9 Å². The zero-order valence-electron chi connectivity index (χ0n) is 9.77. The molecule has 1 heterocycles. The van der Waals surface area contributed by atoms with Crippen LogP contribution in [0.1, 0.15) is 17.8 Å². The van der Waals surface area contributed by atoms with E-state index in [1.54, 1.807) is 11.3 Å². The number of nitrogens with zero attached hydrogens (tertiary/aromatic N) is 1. The minimum Gasteiger partial charge on any atom is -0.355 e. The number of amides is 1. The van der Waals surface area contributed by atoms with E-state index >= 15 is 0 Å². The van der Waals surface area contributed by atoms with Crippen molar-refractivity contribution in [2.24, 2.45) is 5.73 Å². The Morgan fingerprint density at radius 2 is 2.44 bits per heavy atom. The van der Waals surface area contributed by atoms with Crippen LogP contribution in [0.25, 0.3) is 0 Å². The summed E-state index contributed by atoms with van der Waals surface area (Å²) in [6.07, 6.45) is 0. The largest absolute Gasteiger partial charge is 0.355 e. The summed E-state index contributed by atoms with van der Waals surface area (Å²) in [6, 6.07) is 4.18. The minimum atomic E-state index is 0.0417. The Morgan fingerprint density at radius 3 is 2.94 bits per heavy atom. The molecule has 5 heteroatoms. The van der Waals surface area contributed by atoms with Crippen molar-refractivity contribution in [1.29, 1.82) is 0 Å². The lowest BCUT2D eigenvalue weighted by molar-refractivity contribution is -0.122. The van der Waals surface area contributed by atoms with Gasteiger partial charge in [-0.15, -0.1) is 11.3 Å². The normalized spacial score (nSPS) is 12.8. The van der Waals surface area contributed by atoms with E-state index in [1.807, 2.05) is 30.3 Å². The van der Waals surface area contributed by atoms with Crippen molar-refractivity contribution in [2.75, 3.05) is 26.7 Å². The van der Waals surface area contributed by atoms with Crippen molar-refractivity contribution >= 4 is 17.2 Å². The quantitative estimate of drug-likeness (QED) is 0.775. The summed E-state index contributed by atoms with van der Waals surface area (Å²) in [4.78, 5) is 14.6. The standard InChI is InChI=1S/C11H19N3OS/c1-3-13-11(15)8-14(2)9(7-12)10-5-4-6-16-10/h4-6,9H,3,7-8,12H2,1-2H3,(H,13,15). The van der Waals surface area contributed by atoms with Crippen LogP contribution in [0.3, 0.4) is 0 Å². The van der Waals surface area contributed by atoms with E-state index < -0.39 is 0 Å². The summed E-state index contributed by atoms with van der Waals surface area (Å²) < 4.78 is 0. The van der Waals surface area contributed by atoms with Crippen LogP contribution in [0.15, 0.2) is 17.5 Å². The molecule has 0 bridgehead atoms. The number of thiophene rings is 1. The van der Waals surface area contributed by atoms with Gasteiger partial charge in [0.2, 0.25) is 5.91 Å². The van der Waals surface area contributed by atoms with Gasteiger partial charge < -0.3 is 11.1 Å². The van der Waals surface area contributed by atoms with Crippen molar-refractivity contribution in [3.63, 3.8) is 0 Å². The van der Waals surface area contributed by atoms with E-state index in [0.29, 0.717) is 19.6 Å². The molecule has 1 amide bonds. The van der Waals surface area contributed by atoms with Crippen LogP contribution in [-0.2, 0) is 4.79 Å². The molecule has 0 aliphatic heterocycles. The molecule has 3 N–H and O–H groups in total. The lowest BCUT2D eigenvalue weighted by Crippen LogP contribution is -2.39. The SMILES string of the molecule is CCNC(=O)CN(C)C(CN)c1cccs1. The first kappa shape index (κ1) is 13.2. The molecule has 0 aromatic carbocycles. The average Bonchev–Trinajstić information content (AvgIpc) is 2.72. The summed E-state index contributed by atoms with van der Waals surface area (Å²) in [6.45, 7) is 3.49. The highest BCUT2D eigenvalue weighted by molar-refractivity contribution is 7.10. The maximum atomic E-state index is 11.5. The molecule has 1 atom stereocenters. The Labute approximate surface area is 100 Å². The molecule has 0 saturated heterocycles. The number of hydrogen-bond donors (Lipinski definition) is 2. The van der Waals surface area contributed by atoms with E-state index in [9.17, 15) is 4.79 Å². The number of likely N-dealkylation sites (N-methyl/N-ethyl adjacent to an activating group) is 2. The third-order valence-electron chi connectivity index (χ3n) is 2.39. The van der Waals surface area contributed by atoms with Gasteiger partial charge in [-0.05, 0) is 25.4 Å². The topological polar surface area (TPSA) is 58.4 Å². The second kappa shape index (κ2) is 6.62. The fraction of sp³-hybridized carbons (Fsp3) is 0.545. The summed E-state index contributed by atoms with van der Waals surface area (Å²) >= 11 is 1.67. The molecule has 1 aromatic rings. The number of hydrogen-bond acceptors (Lipinski definition) is 4. The Hall–Kier alpha value is -0.910. The predicted molar refractivity (Wildman–Crippen MR) is 67.4 cm³/mol. The molecular weight excluding hydrogens is 222 g/mol. The van der Waals surface area contributed by atoms with Gasteiger partial charge in [-0.25, -0.2) is 0 Å². The molecule has 0 spiro atoms. The zero-order chi connectivity index (χ0) is 12.0. The molecule has 0 radical (unpaired) electrons. The summed E-state index contributed by atoms with van der Waals surface area (Å²) in [7, 11) is 1.92. The molecular formula is C11H19N3OS. The van der Waals surface area contributed by atoms with Gasteiger partial charge >= 0.3 is 0 Å². The maximum Gasteiger partial charge on any atom is 0.234 e. The van der Waals surface area contributed by atoms with Gasteiger partial charge in [-0.3, -0.25) is 9.69 Å². The van der Waals surface area contributed by atoms with Crippen LogP contribution in [-0.4, -0.2) is 37.5 Å². The number of carbonyl (C=O) groups excluding carboxylic acids is 1. The molecule has 1 rings (SSSR count). The van der Waals surface area contributed by atoms with Gasteiger partial charge in [0, 0.05) is 18.0 Å². The molecule has 1 unspecified atom stereocenters. The van der Waals surface area contributed by atoms with E-state index in [0.717, 1.165) is 0 Å². The van der Waals surface area contributed by atoms with Crippen LogP contribution in [0.5, 0.6) is 0 Å². The van der Waals surface area contributed by atoms with E-state index in [4.69, 9.17) is 5.73 Å². The highest BCUT2D eigenvalue weighted by atomic mass is 32.1. The second-order valence-electron chi connectivity index (χ2n) is 3.64. The molecule has 90 valence electrons. The Balaban J connectivity index is 2.56. The van der Waals surface area contributed by atoms with Crippen LogP contribution in [0, 0.1) is 0 Å². The van der Waals surface area contributed by atoms with Crippen molar-refractivity contribution in [3.8, 4) is 0 Å². The molecule has 1 aromatic heterocycles. The number of carbonyl (C=O) groups is 1. The van der Waals surface area contributed by atoms with Crippen LogP contribution >= 0.6 is 11.3 Å². The van der Waals surface area contributed by atoms with Gasteiger partial charge in [-0.1, -0.05) is 6.07 Å². The maximum absolute atomic E-state index is 11.5. The summed E-state index contributed by atoms with van der Waals surface area (Å²) in [5.41, 5.74) is 5.75. The van der Waals surface area contributed by atoms with E-state index in [1.165, 1.54) is 4.88 Å². The average molecular weight is 241 g/mol. The molecule has 0 saturated carbocycles. The molecule has 4 nitrogen and oxygen atoms in total. The predicted octanol–water partition coefficient (Wildman–Crippen LogP) is 0.816. The lowest BCUT2D eigenvalue weighted by atomic mass is 10.2. The van der Waals surface area contributed by atoms with Gasteiger partial charge in [0.05, 0.1) is 12.6 Å². The highest BCUT2D eigenvalue weighted by Gasteiger charge is 2.18. The third-order valence-corrected chi connectivity index (χ3v) is 3.37. The van der Waals surface area contributed by atoms with Gasteiger partial charge in [0.1, 0.15) is 0 Å². The fourth-order valence-electron chi connectivity index (χ4n) is 1.58. The Kier molecular flexibility index (Phi) is 5.45. The van der Waals surface area contributed by atoms with Crippen molar-refractivity contribution in [2.45, 2.75) is 13.0 Å².